The molecule has 1 aliphatic carbocycles. The van der Waals surface area contributed by atoms with Crippen molar-refractivity contribution in [3.05, 3.63) is 64.1 Å². The van der Waals surface area contributed by atoms with Crippen molar-refractivity contribution in [2.24, 2.45) is 4.99 Å². The maximum absolute atomic E-state index is 4.75. The Labute approximate surface area is 143 Å². The Bertz CT molecular complexity index is 941. The molecule has 0 aliphatic heterocycles. The maximum Gasteiger partial charge on any atom is 0.158 e. The fraction of sp³-hybridized carbons (Fsp3) is 0.278. The largest absolute Gasteiger partial charge is 0.327 e. The van der Waals surface area contributed by atoms with Crippen LogP contribution in [0.2, 0.25) is 0 Å². The van der Waals surface area contributed by atoms with Gasteiger partial charge in [0, 0.05) is 11.4 Å². The third-order valence-corrected chi connectivity index (χ3v) is 4.71. The second-order valence-electron chi connectivity index (χ2n) is 5.97. The van der Waals surface area contributed by atoms with Crippen molar-refractivity contribution in [1.82, 2.24) is 14.5 Å². The summed E-state index contributed by atoms with van der Waals surface area (Å²) in [5.41, 5.74) is 4.37. The van der Waals surface area contributed by atoms with Gasteiger partial charge in [0.25, 0.3) is 0 Å². The van der Waals surface area contributed by atoms with Crippen molar-refractivity contribution in [3.8, 4) is 0 Å². The van der Waals surface area contributed by atoms with E-state index in [1.54, 1.807) is 0 Å². The molecule has 2 heterocycles. The minimum atomic E-state index is 0.568. The highest BCUT2D eigenvalue weighted by atomic mass is 79.9. The number of hydrogen-bond donors (Lipinski definition) is 0. The Hall–Kier alpha value is -2.01. The Balaban J connectivity index is 1.83. The lowest BCUT2D eigenvalue weighted by molar-refractivity contribution is 0.738. The van der Waals surface area contributed by atoms with Crippen molar-refractivity contribution in [2.45, 2.75) is 32.4 Å². The molecule has 2 aromatic heterocycles. The summed E-state index contributed by atoms with van der Waals surface area (Å²) in [6.45, 7) is 2.76. The quantitative estimate of drug-likeness (QED) is 0.657. The molecular formula is C18H17BrN4. The van der Waals surface area contributed by atoms with E-state index in [1.165, 1.54) is 24.0 Å². The van der Waals surface area contributed by atoms with Gasteiger partial charge in [0.05, 0.1) is 24.6 Å². The molecule has 116 valence electrons. The normalized spacial score (nSPS) is 15.3. The van der Waals surface area contributed by atoms with Crippen LogP contribution in [0, 0.1) is 6.92 Å². The van der Waals surface area contributed by atoms with Gasteiger partial charge in [0.2, 0.25) is 0 Å². The van der Waals surface area contributed by atoms with Crippen LogP contribution in [-0.4, -0.2) is 14.5 Å². The van der Waals surface area contributed by atoms with Gasteiger partial charge in [-0.1, -0.05) is 24.3 Å². The van der Waals surface area contributed by atoms with Gasteiger partial charge in [-0.05, 0) is 52.9 Å². The van der Waals surface area contributed by atoms with E-state index in [-0.39, 0.29) is 0 Å². The fourth-order valence-electron chi connectivity index (χ4n) is 2.77. The summed E-state index contributed by atoms with van der Waals surface area (Å²) in [6, 6.07) is 10.9. The number of hydrogen-bond acceptors (Lipinski definition) is 3. The molecule has 0 spiro atoms. The van der Waals surface area contributed by atoms with Crippen LogP contribution in [0.5, 0.6) is 0 Å². The van der Waals surface area contributed by atoms with E-state index in [0.29, 0.717) is 12.6 Å². The van der Waals surface area contributed by atoms with Gasteiger partial charge in [0.15, 0.2) is 5.49 Å². The topological polar surface area (TPSA) is 43.1 Å². The second kappa shape index (κ2) is 5.89. The summed E-state index contributed by atoms with van der Waals surface area (Å²) in [6.07, 6.45) is 6.26. The van der Waals surface area contributed by atoms with E-state index < -0.39 is 0 Å². The smallest absolute Gasteiger partial charge is 0.158 e. The number of fused-ring (bicyclic) bond motifs is 1. The molecule has 0 bridgehead atoms. The third kappa shape index (κ3) is 2.93. The number of rotatable bonds is 3. The Morgan fingerprint density at radius 3 is 2.87 bits per heavy atom. The summed E-state index contributed by atoms with van der Waals surface area (Å²) < 4.78 is 3.04. The SMILES string of the molecule is Cc1ccccc1CN=c1ncn(C2CC2)c2cnc(Br)cc12. The van der Waals surface area contributed by atoms with Crippen LogP contribution in [0.3, 0.4) is 0 Å². The van der Waals surface area contributed by atoms with Crippen LogP contribution in [-0.2, 0) is 6.54 Å². The van der Waals surface area contributed by atoms with Gasteiger partial charge >= 0.3 is 0 Å². The molecule has 0 N–H and O–H groups in total. The first-order valence-corrected chi connectivity index (χ1v) is 8.59. The Morgan fingerprint density at radius 2 is 2.09 bits per heavy atom. The summed E-state index contributed by atoms with van der Waals surface area (Å²) in [7, 11) is 0. The zero-order chi connectivity index (χ0) is 15.8. The number of aryl methyl sites for hydroxylation is 1. The molecule has 0 radical (unpaired) electrons. The second-order valence-corrected chi connectivity index (χ2v) is 6.79. The molecule has 1 aromatic carbocycles. The van der Waals surface area contributed by atoms with E-state index in [0.717, 1.165) is 21.0 Å². The van der Waals surface area contributed by atoms with Crippen LogP contribution in [0.25, 0.3) is 10.9 Å². The molecule has 0 atom stereocenters. The number of pyridine rings is 1. The molecule has 0 saturated heterocycles. The zero-order valence-corrected chi connectivity index (χ0v) is 14.5. The van der Waals surface area contributed by atoms with E-state index in [1.807, 2.05) is 18.6 Å². The van der Waals surface area contributed by atoms with Crippen LogP contribution in [0.15, 0.2) is 52.5 Å². The summed E-state index contributed by atoms with van der Waals surface area (Å²) in [4.78, 5) is 13.7. The summed E-state index contributed by atoms with van der Waals surface area (Å²) in [5.74, 6) is 0. The third-order valence-electron chi connectivity index (χ3n) is 4.27. The molecule has 4 rings (SSSR count). The minimum Gasteiger partial charge on any atom is -0.327 e. The summed E-state index contributed by atoms with van der Waals surface area (Å²) >= 11 is 3.46. The number of benzene rings is 1. The molecule has 0 unspecified atom stereocenters. The van der Waals surface area contributed by atoms with E-state index in [2.05, 4.69) is 61.7 Å². The van der Waals surface area contributed by atoms with Crippen molar-refractivity contribution in [1.29, 1.82) is 0 Å². The lowest BCUT2D eigenvalue weighted by atomic mass is 10.1. The number of halogens is 1. The molecular weight excluding hydrogens is 352 g/mol. The van der Waals surface area contributed by atoms with Crippen LogP contribution in [0.4, 0.5) is 0 Å². The molecule has 1 saturated carbocycles. The first-order valence-electron chi connectivity index (χ1n) is 7.80. The van der Waals surface area contributed by atoms with Gasteiger partial charge in [-0.15, -0.1) is 0 Å². The first kappa shape index (κ1) is 14.6. The maximum atomic E-state index is 4.75. The molecule has 0 amide bonds. The van der Waals surface area contributed by atoms with Crippen LogP contribution in [0.1, 0.15) is 30.0 Å². The van der Waals surface area contributed by atoms with E-state index >= 15 is 0 Å². The number of nitrogens with zero attached hydrogens (tertiary/aromatic N) is 4. The highest BCUT2D eigenvalue weighted by Gasteiger charge is 2.24. The van der Waals surface area contributed by atoms with Gasteiger partial charge in [-0.2, -0.15) is 0 Å². The lowest BCUT2D eigenvalue weighted by Gasteiger charge is -2.09. The van der Waals surface area contributed by atoms with Crippen molar-refractivity contribution in [3.63, 3.8) is 0 Å². The van der Waals surface area contributed by atoms with Gasteiger partial charge in [0.1, 0.15) is 4.60 Å². The average Bonchev–Trinajstić information content (AvgIpc) is 3.38. The molecule has 23 heavy (non-hydrogen) atoms. The molecule has 3 aromatic rings. The van der Waals surface area contributed by atoms with Crippen LogP contribution < -0.4 is 5.49 Å². The van der Waals surface area contributed by atoms with E-state index in [9.17, 15) is 0 Å². The Morgan fingerprint density at radius 1 is 1.26 bits per heavy atom. The van der Waals surface area contributed by atoms with Crippen molar-refractivity contribution in [2.75, 3.05) is 0 Å². The lowest BCUT2D eigenvalue weighted by Crippen LogP contribution is -2.14. The Kier molecular flexibility index (Phi) is 3.73. The fourth-order valence-corrected chi connectivity index (χ4v) is 3.10. The highest BCUT2D eigenvalue weighted by Crippen LogP contribution is 2.36. The minimum absolute atomic E-state index is 0.568. The summed E-state index contributed by atoms with van der Waals surface area (Å²) in [5, 5.41) is 1.05. The first-order chi connectivity index (χ1) is 11.2. The predicted octanol–water partition coefficient (Wildman–Crippen LogP) is 3.94. The average molecular weight is 369 g/mol. The molecule has 4 nitrogen and oxygen atoms in total. The van der Waals surface area contributed by atoms with Crippen molar-refractivity contribution < 1.29 is 0 Å². The number of aromatic nitrogens is 3. The molecule has 5 heteroatoms. The van der Waals surface area contributed by atoms with Gasteiger partial charge in [-0.3, -0.25) is 4.99 Å². The van der Waals surface area contributed by atoms with Gasteiger partial charge in [-0.25, -0.2) is 9.97 Å². The monoisotopic (exact) mass is 368 g/mol. The standard InChI is InChI=1S/C18H17BrN4/c1-12-4-2-3-5-13(12)9-21-18-15-8-17(19)20-10-16(15)23(11-22-18)14-6-7-14/h2-5,8,10-11,14H,6-7,9H2,1H3. The highest BCUT2D eigenvalue weighted by molar-refractivity contribution is 9.10. The van der Waals surface area contributed by atoms with Crippen molar-refractivity contribution >= 4 is 26.8 Å². The molecule has 1 fully saturated rings. The van der Waals surface area contributed by atoms with Gasteiger partial charge < -0.3 is 4.57 Å². The van der Waals surface area contributed by atoms with Crippen LogP contribution >= 0.6 is 15.9 Å². The molecule has 1 aliphatic rings. The van der Waals surface area contributed by atoms with E-state index in [4.69, 9.17) is 4.99 Å². The zero-order valence-electron chi connectivity index (χ0n) is 12.9. The predicted molar refractivity (Wildman–Crippen MR) is 93.9 cm³/mol.